The minimum Gasteiger partial charge on any atom is -0.497 e. The maximum absolute atomic E-state index is 12.4. The number of carbonyl (C=O) groups excluding carboxylic acids is 1. The lowest BCUT2D eigenvalue weighted by Gasteiger charge is -2.09. The largest absolute Gasteiger partial charge is 0.497 e. The van der Waals surface area contributed by atoms with E-state index in [1.165, 1.54) is 6.08 Å². The monoisotopic (exact) mass is 544 g/mol. The lowest BCUT2D eigenvalue weighted by Crippen LogP contribution is -2.13. The Bertz CT molecular complexity index is 1140. The maximum atomic E-state index is 12.4. The Hall–Kier alpha value is -3.02. The second-order valence-corrected chi connectivity index (χ2v) is 8.11. The summed E-state index contributed by atoms with van der Waals surface area (Å²) in [6, 6.07) is 21.9. The first-order valence-corrected chi connectivity index (χ1v) is 10.7. The Morgan fingerprint density at radius 1 is 1.13 bits per heavy atom. The lowest BCUT2D eigenvalue weighted by molar-refractivity contribution is -0.112. The number of rotatable bonds is 7. The van der Waals surface area contributed by atoms with E-state index in [-0.39, 0.29) is 5.57 Å². The van der Waals surface area contributed by atoms with Crippen molar-refractivity contribution >= 4 is 51.9 Å². The van der Waals surface area contributed by atoms with Crippen LogP contribution in [0.3, 0.4) is 0 Å². The van der Waals surface area contributed by atoms with E-state index in [9.17, 15) is 10.1 Å². The van der Waals surface area contributed by atoms with Crippen molar-refractivity contribution < 1.29 is 14.3 Å². The molecule has 0 atom stereocenters. The molecular formula is C24H18ClIN2O3. The summed E-state index contributed by atoms with van der Waals surface area (Å²) in [5, 5.41) is 12.5. The van der Waals surface area contributed by atoms with Crippen LogP contribution in [0.1, 0.15) is 11.1 Å². The Labute approximate surface area is 199 Å². The van der Waals surface area contributed by atoms with Gasteiger partial charge in [-0.1, -0.05) is 29.8 Å². The van der Waals surface area contributed by atoms with Gasteiger partial charge >= 0.3 is 0 Å². The molecule has 0 saturated heterocycles. The maximum Gasteiger partial charge on any atom is 0.266 e. The summed E-state index contributed by atoms with van der Waals surface area (Å²) < 4.78 is 12.0. The van der Waals surface area contributed by atoms with Gasteiger partial charge in [-0.2, -0.15) is 5.26 Å². The van der Waals surface area contributed by atoms with Gasteiger partial charge in [0.15, 0.2) is 0 Å². The predicted octanol–water partition coefficient (Wildman–Crippen LogP) is 6.08. The highest BCUT2D eigenvalue weighted by Crippen LogP contribution is 2.27. The molecule has 7 heteroatoms. The van der Waals surface area contributed by atoms with E-state index in [4.69, 9.17) is 21.1 Å². The first kappa shape index (κ1) is 22.7. The number of ether oxygens (including phenoxy) is 2. The predicted molar refractivity (Wildman–Crippen MR) is 130 cm³/mol. The third kappa shape index (κ3) is 6.48. The van der Waals surface area contributed by atoms with Crippen LogP contribution in [-0.2, 0) is 11.4 Å². The molecule has 0 aliphatic heterocycles. The molecule has 0 unspecified atom stereocenters. The smallest absolute Gasteiger partial charge is 0.266 e. The first-order valence-electron chi connectivity index (χ1n) is 9.22. The normalized spacial score (nSPS) is 10.8. The zero-order valence-corrected chi connectivity index (χ0v) is 19.5. The molecule has 3 aromatic carbocycles. The topological polar surface area (TPSA) is 71.3 Å². The van der Waals surface area contributed by atoms with Gasteiger partial charge in [-0.25, -0.2) is 0 Å². The van der Waals surface area contributed by atoms with Crippen LogP contribution in [-0.4, -0.2) is 13.0 Å². The molecule has 0 aliphatic carbocycles. The second kappa shape index (κ2) is 10.8. The van der Waals surface area contributed by atoms with E-state index in [2.05, 4.69) is 27.9 Å². The van der Waals surface area contributed by atoms with Crippen molar-refractivity contribution in [2.75, 3.05) is 12.4 Å². The van der Waals surface area contributed by atoms with Crippen LogP contribution in [0.2, 0.25) is 5.02 Å². The van der Waals surface area contributed by atoms with Crippen LogP contribution in [0.5, 0.6) is 11.5 Å². The molecule has 5 nitrogen and oxygen atoms in total. The van der Waals surface area contributed by atoms with Gasteiger partial charge in [-0.05, 0) is 88.3 Å². The highest BCUT2D eigenvalue weighted by molar-refractivity contribution is 14.1. The van der Waals surface area contributed by atoms with E-state index in [0.29, 0.717) is 34.4 Å². The molecule has 0 fully saturated rings. The van der Waals surface area contributed by atoms with E-state index in [1.54, 1.807) is 49.6 Å². The SMILES string of the molecule is COc1ccc(NC(=O)/C(C#N)=C/c2ccc(OCc3ccc(I)cc3)c(Cl)c2)cc1. The average molecular weight is 545 g/mol. The molecular weight excluding hydrogens is 527 g/mol. The molecule has 1 N–H and O–H groups in total. The number of anilines is 1. The van der Waals surface area contributed by atoms with Crippen LogP contribution in [0.15, 0.2) is 72.3 Å². The molecule has 0 saturated carbocycles. The second-order valence-electron chi connectivity index (χ2n) is 6.46. The van der Waals surface area contributed by atoms with Crippen molar-refractivity contribution in [3.8, 4) is 17.6 Å². The summed E-state index contributed by atoms with van der Waals surface area (Å²) in [6.07, 6.45) is 1.48. The molecule has 3 rings (SSSR count). The van der Waals surface area contributed by atoms with E-state index < -0.39 is 5.91 Å². The number of amides is 1. The summed E-state index contributed by atoms with van der Waals surface area (Å²) in [7, 11) is 1.56. The number of nitriles is 1. The Morgan fingerprint density at radius 3 is 2.45 bits per heavy atom. The molecule has 0 aromatic heterocycles. The quantitative estimate of drug-likeness (QED) is 0.222. The molecule has 0 spiro atoms. The standard InChI is InChI=1S/C24H18ClIN2O3/c1-30-21-9-7-20(8-10-21)28-24(29)18(14-27)12-17-4-11-23(22(25)13-17)31-15-16-2-5-19(26)6-3-16/h2-13H,15H2,1H3,(H,28,29)/b18-12+. The fourth-order valence-electron chi connectivity index (χ4n) is 2.65. The molecule has 3 aromatic rings. The van der Waals surface area contributed by atoms with Gasteiger partial charge < -0.3 is 14.8 Å². The number of nitrogens with zero attached hydrogens (tertiary/aromatic N) is 1. The Balaban J connectivity index is 1.68. The fourth-order valence-corrected chi connectivity index (χ4v) is 3.26. The van der Waals surface area contributed by atoms with Crippen molar-refractivity contribution in [3.05, 3.63) is 92.0 Å². The minimum atomic E-state index is -0.511. The van der Waals surface area contributed by atoms with Crippen LogP contribution in [0.4, 0.5) is 5.69 Å². The number of carbonyl (C=O) groups is 1. The van der Waals surface area contributed by atoms with E-state index >= 15 is 0 Å². The average Bonchev–Trinajstić information content (AvgIpc) is 2.78. The van der Waals surface area contributed by atoms with Crippen molar-refractivity contribution in [1.29, 1.82) is 5.26 Å². The Morgan fingerprint density at radius 2 is 1.84 bits per heavy atom. The van der Waals surface area contributed by atoms with Crippen LogP contribution < -0.4 is 14.8 Å². The van der Waals surface area contributed by atoms with Gasteiger partial charge in [0.25, 0.3) is 5.91 Å². The van der Waals surface area contributed by atoms with E-state index in [0.717, 1.165) is 9.13 Å². The van der Waals surface area contributed by atoms with Crippen molar-refractivity contribution in [1.82, 2.24) is 0 Å². The Kier molecular flexibility index (Phi) is 7.93. The van der Waals surface area contributed by atoms with Gasteiger partial charge in [0.05, 0.1) is 12.1 Å². The third-order valence-corrected chi connectivity index (χ3v) is 5.30. The van der Waals surface area contributed by atoms with Crippen molar-refractivity contribution in [2.45, 2.75) is 6.61 Å². The molecule has 0 radical (unpaired) electrons. The van der Waals surface area contributed by atoms with Gasteiger partial charge in [0.1, 0.15) is 29.7 Å². The number of halogens is 2. The van der Waals surface area contributed by atoms with Crippen LogP contribution in [0, 0.1) is 14.9 Å². The van der Waals surface area contributed by atoms with Gasteiger partial charge in [0.2, 0.25) is 0 Å². The highest BCUT2D eigenvalue weighted by atomic mass is 127. The molecule has 0 bridgehead atoms. The summed E-state index contributed by atoms with van der Waals surface area (Å²) in [6.45, 7) is 0.388. The highest BCUT2D eigenvalue weighted by Gasteiger charge is 2.11. The molecule has 156 valence electrons. The van der Waals surface area contributed by atoms with Gasteiger partial charge in [-0.3, -0.25) is 4.79 Å². The molecule has 31 heavy (non-hydrogen) atoms. The summed E-state index contributed by atoms with van der Waals surface area (Å²) in [4.78, 5) is 12.4. The lowest BCUT2D eigenvalue weighted by atomic mass is 10.1. The zero-order chi connectivity index (χ0) is 22.2. The number of methoxy groups -OCH3 is 1. The summed E-state index contributed by atoms with van der Waals surface area (Å²) in [5.74, 6) is 0.689. The number of hydrogen-bond donors (Lipinski definition) is 1. The first-order chi connectivity index (χ1) is 15.0. The minimum absolute atomic E-state index is 0.0422. The van der Waals surface area contributed by atoms with Crippen LogP contribution in [0.25, 0.3) is 6.08 Å². The van der Waals surface area contributed by atoms with Crippen LogP contribution >= 0.6 is 34.2 Å². The zero-order valence-electron chi connectivity index (χ0n) is 16.6. The summed E-state index contributed by atoms with van der Waals surface area (Å²) in [5.41, 5.74) is 2.17. The molecule has 1 amide bonds. The van der Waals surface area contributed by atoms with Gasteiger partial charge in [-0.15, -0.1) is 0 Å². The molecule has 0 heterocycles. The van der Waals surface area contributed by atoms with E-state index in [1.807, 2.05) is 30.3 Å². The number of benzene rings is 3. The van der Waals surface area contributed by atoms with Crippen molar-refractivity contribution in [3.63, 3.8) is 0 Å². The number of nitrogens with one attached hydrogen (secondary N) is 1. The summed E-state index contributed by atoms with van der Waals surface area (Å²) >= 11 is 8.58. The number of hydrogen-bond acceptors (Lipinski definition) is 4. The van der Waals surface area contributed by atoms with Gasteiger partial charge in [0, 0.05) is 9.26 Å². The molecule has 0 aliphatic rings. The third-order valence-electron chi connectivity index (χ3n) is 4.29. The fraction of sp³-hybridized carbons (Fsp3) is 0.0833. The van der Waals surface area contributed by atoms with Crippen molar-refractivity contribution in [2.24, 2.45) is 0 Å².